The lowest BCUT2D eigenvalue weighted by Gasteiger charge is -2.21. The van der Waals surface area contributed by atoms with Gasteiger partial charge in [0.05, 0.1) is 17.1 Å². The third-order valence-corrected chi connectivity index (χ3v) is 4.55. The summed E-state index contributed by atoms with van der Waals surface area (Å²) in [6.07, 6.45) is 2.73. The summed E-state index contributed by atoms with van der Waals surface area (Å²) in [7, 11) is 0. The lowest BCUT2D eigenvalue weighted by molar-refractivity contribution is 0.0347. The van der Waals surface area contributed by atoms with Gasteiger partial charge in [0.15, 0.2) is 5.69 Å². The molecule has 4 nitrogen and oxygen atoms in total. The molecule has 2 heterocycles. The molecule has 6 heteroatoms. The average Bonchev–Trinajstić information content (AvgIpc) is 3.14. The monoisotopic (exact) mass is 332 g/mol. The smallest absolute Gasteiger partial charge is 0.207 e. The second-order valence-corrected chi connectivity index (χ2v) is 6.05. The van der Waals surface area contributed by atoms with Crippen molar-refractivity contribution < 1.29 is 9.23 Å². The molecule has 0 amide bonds. The first-order valence-corrected chi connectivity index (χ1v) is 7.95. The Hall–Kier alpha value is -1.95. The van der Waals surface area contributed by atoms with Crippen molar-refractivity contribution in [1.82, 2.24) is 9.76 Å². The van der Waals surface area contributed by atoms with Crippen LogP contribution in [0.1, 0.15) is 18.9 Å². The fraction of sp³-hybridized carbons (Fsp3) is 0.235. The minimum Gasteiger partial charge on any atom is -0.207 e. The summed E-state index contributed by atoms with van der Waals surface area (Å²) in [6.45, 7) is 2.86. The summed E-state index contributed by atoms with van der Waals surface area (Å²) in [5, 5.41) is 2.61. The molecule has 1 fully saturated rings. The number of nitrogens with zero attached hydrogens (tertiary/aromatic N) is 3. The summed E-state index contributed by atoms with van der Waals surface area (Å²) < 4.78 is 13.4. The highest BCUT2D eigenvalue weighted by Gasteiger charge is 2.85. The topological polar surface area (TPSA) is 28.1 Å². The van der Waals surface area contributed by atoms with Crippen LogP contribution in [0.2, 0.25) is 5.02 Å². The van der Waals surface area contributed by atoms with Crippen molar-refractivity contribution in [3.63, 3.8) is 0 Å². The van der Waals surface area contributed by atoms with Crippen molar-refractivity contribution >= 4 is 23.6 Å². The molecule has 2 aromatic carbocycles. The maximum atomic E-state index is 13.3. The van der Waals surface area contributed by atoms with Crippen molar-refractivity contribution in [3.05, 3.63) is 64.9 Å². The second kappa shape index (κ2) is 5.03. The van der Waals surface area contributed by atoms with Gasteiger partial charge in [0.25, 0.3) is 0 Å². The zero-order valence-corrected chi connectivity index (χ0v) is 13.4. The third-order valence-electron chi connectivity index (χ3n) is 4.22. The van der Waals surface area contributed by atoms with Crippen LogP contribution < -0.4 is 4.76 Å². The number of hydrogen-bond donors (Lipinski definition) is 0. The van der Waals surface area contributed by atoms with E-state index in [4.69, 9.17) is 16.4 Å². The highest BCUT2D eigenvalue weighted by Crippen LogP contribution is 2.61. The number of halogens is 2. The van der Waals surface area contributed by atoms with Gasteiger partial charge in [-0.3, -0.25) is 0 Å². The van der Waals surface area contributed by atoms with Crippen LogP contribution in [-0.4, -0.2) is 17.9 Å². The largest absolute Gasteiger partial charge is 0.443 e. The SMILES string of the molecule is CCCN1C=NC2(c3ccccc3Cl)O[N+]12c1ccc(F)cc1. The first kappa shape index (κ1) is 14.6. The van der Waals surface area contributed by atoms with Crippen LogP contribution in [0.5, 0.6) is 0 Å². The Labute approximate surface area is 138 Å². The van der Waals surface area contributed by atoms with Crippen molar-refractivity contribution in [2.24, 2.45) is 4.99 Å². The van der Waals surface area contributed by atoms with E-state index < -0.39 is 5.85 Å². The fourth-order valence-electron chi connectivity index (χ4n) is 3.16. The minimum absolute atomic E-state index is 0.0743. The number of benzene rings is 2. The summed E-state index contributed by atoms with van der Waals surface area (Å²) in [5.41, 5.74) is 1.62. The van der Waals surface area contributed by atoms with Gasteiger partial charge in [-0.15, -0.1) is 0 Å². The van der Waals surface area contributed by atoms with Crippen LogP contribution in [0.4, 0.5) is 10.1 Å². The van der Waals surface area contributed by atoms with Gasteiger partial charge in [-0.1, -0.05) is 35.5 Å². The molecular formula is C17H16ClFN3O+. The molecule has 0 aromatic heterocycles. The van der Waals surface area contributed by atoms with Crippen LogP contribution in [0, 0.1) is 5.82 Å². The first-order valence-electron chi connectivity index (χ1n) is 7.57. The van der Waals surface area contributed by atoms with E-state index >= 15 is 0 Å². The van der Waals surface area contributed by atoms with Gasteiger partial charge in [0.2, 0.25) is 0 Å². The van der Waals surface area contributed by atoms with E-state index in [0.29, 0.717) is 5.02 Å². The molecule has 2 aromatic rings. The molecular weight excluding hydrogens is 317 g/mol. The molecule has 2 unspecified atom stereocenters. The zero-order valence-electron chi connectivity index (χ0n) is 12.6. The molecule has 0 aliphatic carbocycles. The normalized spacial score (nSPS) is 28.0. The van der Waals surface area contributed by atoms with Gasteiger partial charge in [0.1, 0.15) is 12.2 Å². The Morgan fingerprint density at radius 2 is 1.96 bits per heavy atom. The van der Waals surface area contributed by atoms with Crippen LogP contribution in [0.3, 0.4) is 0 Å². The number of fused-ring (bicyclic) bond motifs is 1. The van der Waals surface area contributed by atoms with Crippen LogP contribution in [-0.2, 0) is 10.7 Å². The molecule has 0 N–H and O–H groups in total. The molecule has 23 heavy (non-hydrogen) atoms. The lowest BCUT2D eigenvalue weighted by Crippen LogP contribution is -2.46. The maximum Gasteiger partial charge on any atom is 0.443 e. The maximum absolute atomic E-state index is 13.3. The minimum atomic E-state index is -0.911. The highest BCUT2D eigenvalue weighted by molar-refractivity contribution is 6.31. The molecule has 2 atom stereocenters. The van der Waals surface area contributed by atoms with E-state index in [1.54, 1.807) is 18.5 Å². The Bertz CT molecular complexity index is 782. The van der Waals surface area contributed by atoms with Crippen molar-refractivity contribution in [2.45, 2.75) is 19.2 Å². The standard InChI is InChI=1S/C17H16ClFN3O/c1-2-11-21-12-20-17(15-5-3-4-6-16(15)18)22(21,23-17)14-9-7-13(19)8-10-14/h3-10,12H,2,11H2,1H3/q+1. The summed E-state index contributed by atoms with van der Waals surface area (Å²) >= 11 is 6.38. The van der Waals surface area contributed by atoms with Crippen molar-refractivity contribution in [1.29, 1.82) is 0 Å². The van der Waals surface area contributed by atoms with E-state index in [-0.39, 0.29) is 10.6 Å². The van der Waals surface area contributed by atoms with Crippen LogP contribution >= 0.6 is 11.6 Å². The Kier molecular flexibility index (Phi) is 3.20. The van der Waals surface area contributed by atoms with E-state index in [9.17, 15) is 4.39 Å². The number of aliphatic imine (C=N–C) groups is 1. The molecule has 4 rings (SSSR count). The first-order chi connectivity index (χ1) is 11.1. The molecule has 0 bridgehead atoms. The number of quaternary nitrogens is 1. The Balaban J connectivity index is 1.85. The second-order valence-electron chi connectivity index (χ2n) is 5.64. The molecule has 0 spiro atoms. The molecule has 118 valence electrons. The van der Waals surface area contributed by atoms with Crippen molar-refractivity contribution in [3.8, 4) is 0 Å². The predicted octanol–water partition coefficient (Wildman–Crippen LogP) is 4.21. The van der Waals surface area contributed by atoms with Gasteiger partial charge in [-0.25, -0.2) is 4.39 Å². The highest BCUT2D eigenvalue weighted by atomic mass is 35.5. The van der Waals surface area contributed by atoms with E-state index in [1.165, 1.54) is 12.1 Å². The molecule has 0 saturated carbocycles. The van der Waals surface area contributed by atoms with Crippen molar-refractivity contribution in [2.75, 3.05) is 6.54 Å². The summed E-state index contributed by atoms with van der Waals surface area (Å²) in [4.78, 5) is 10.8. The van der Waals surface area contributed by atoms with Crippen LogP contribution in [0.15, 0.2) is 53.5 Å². The molecule has 1 saturated heterocycles. The van der Waals surface area contributed by atoms with Crippen LogP contribution in [0.25, 0.3) is 0 Å². The molecule has 0 radical (unpaired) electrons. The van der Waals surface area contributed by atoms with E-state index in [1.807, 2.05) is 29.3 Å². The lowest BCUT2D eigenvalue weighted by atomic mass is 10.1. The molecule has 2 aliphatic heterocycles. The molecule has 2 aliphatic rings. The number of rotatable bonds is 4. The number of hydroxylamine groups is 1. The Morgan fingerprint density at radius 3 is 2.65 bits per heavy atom. The predicted molar refractivity (Wildman–Crippen MR) is 87.9 cm³/mol. The third kappa shape index (κ3) is 1.87. The summed E-state index contributed by atoms with van der Waals surface area (Å²) in [6, 6.07) is 13.8. The van der Waals surface area contributed by atoms with Gasteiger partial charge >= 0.3 is 5.85 Å². The van der Waals surface area contributed by atoms with E-state index in [0.717, 1.165) is 24.2 Å². The Morgan fingerprint density at radius 1 is 1.22 bits per heavy atom. The fourth-order valence-corrected chi connectivity index (χ4v) is 3.42. The van der Waals surface area contributed by atoms with Gasteiger partial charge < -0.3 is 0 Å². The zero-order chi connectivity index (χ0) is 16.1. The van der Waals surface area contributed by atoms with E-state index in [2.05, 4.69) is 11.9 Å². The summed E-state index contributed by atoms with van der Waals surface area (Å²) in [5.74, 6) is -1.19. The number of hydrogen-bond acceptors (Lipinski definition) is 3. The van der Waals surface area contributed by atoms with Gasteiger partial charge in [-0.2, -0.15) is 10.0 Å². The van der Waals surface area contributed by atoms with Gasteiger partial charge in [0, 0.05) is 16.9 Å². The quantitative estimate of drug-likeness (QED) is 0.619. The average molecular weight is 333 g/mol. The van der Waals surface area contributed by atoms with Gasteiger partial charge in [-0.05, 0) is 30.7 Å².